The Bertz CT molecular complexity index is 1280. The normalized spacial score (nSPS) is 46.1. The second-order valence-electron chi connectivity index (χ2n) is 15.6. The first-order valence-electron chi connectivity index (χ1n) is 18.4. The van der Waals surface area contributed by atoms with E-state index in [4.69, 9.17) is 14.7 Å². The van der Waals surface area contributed by atoms with Crippen LogP contribution in [0.1, 0.15) is 122 Å². The van der Waals surface area contributed by atoms with Crippen LogP contribution in [0.5, 0.6) is 0 Å². The molecule has 0 aromatic carbocycles. The Kier molecular flexibility index (Phi) is 6.79. The van der Waals surface area contributed by atoms with Crippen molar-refractivity contribution < 1.29 is 4.74 Å². The van der Waals surface area contributed by atoms with Crippen molar-refractivity contribution in [2.45, 2.75) is 140 Å². The van der Waals surface area contributed by atoms with Crippen molar-refractivity contribution in [1.29, 1.82) is 0 Å². The third-order valence-corrected chi connectivity index (χ3v) is 13.7. The number of nitrogens with zero attached hydrogens (tertiary/aromatic N) is 2. The van der Waals surface area contributed by atoms with Gasteiger partial charge in [0, 0.05) is 28.9 Å². The molecule has 7 aliphatic carbocycles. The summed E-state index contributed by atoms with van der Waals surface area (Å²) in [4.78, 5) is 11.1. The van der Waals surface area contributed by atoms with E-state index in [1.54, 1.807) is 16.9 Å². The standard InChI is InChI=1S/C39H52N2O/c1-2-12-25(13-3-1)37-29-16-6-10-20-34(29)40-38(41-37)26-22-23-33-36(24-26)42-35-21-11-9-19-32(35)39(33)30-17-7-4-14-27(30)28-15-5-8-18-31(28)39/h1-2,7,17,19,25-26,28-29,31,33-36H,3-6,8-16,18,20-24H2. The Balaban J connectivity index is 1.08. The zero-order valence-corrected chi connectivity index (χ0v) is 25.8. The van der Waals surface area contributed by atoms with E-state index in [-0.39, 0.29) is 5.41 Å². The van der Waals surface area contributed by atoms with Gasteiger partial charge in [-0.3, -0.25) is 4.99 Å². The number of hydrogen-bond donors (Lipinski definition) is 0. The molecule has 0 N–H and O–H groups in total. The first-order chi connectivity index (χ1) is 20.8. The van der Waals surface area contributed by atoms with Gasteiger partial charge in [0.2, 0.25) is 0 Å². The topological polar surface area (TPSA) is 34.0 Å². The van der Waals surface area contributed by atoms with Crippen LogP contribution in [0, 0.1) is 40.9 Å². The maximum atomic E-state index is 7.28. The van der Waals surface area contributed by atoms with Gasteiger partial charge >= 0.3 is 0 Å². The summed E-state index contributed by atoms with van der Waals surface area (Å²) in [6, 6.07) is 0.495. The SMILES string of the molecule is C1=CC2=C(CC1)C1CCCCC1C21C2=CCCCC2OC2CC(C3=NC4CCCCC4C(C4CC=CCC4)=N3)CCC21. The highest BCUT2D eigenvalue weighted by atomic mass is 16.5. The summed E-state index contributed by atoms with van der Waals surface area (Å²) in [7, 11) is 0. The quantitative estimate of drug-likeness (QED) is 0.308. The van der Waals surface area contributed by atoms with E-state index in [2.05, 4.69) is 30.4 Å². The van der Waals surface area contributed by atoms with Crippen molar-refractivity contribution in [1.82, 2.24) is 0 Å². The minimum Gasteiger partial charge on any atom is -0.370 e. The molecule has 1 spiro atoms. The van der Waals surface area contributed by atoms with Crippen molar-refractivity contribution in [3.05, 3.63) is 47.1 Å². The van der Waals surface area contributed by atoms with E-state index in [0.717, 1.165) is 18.3 Å². The molecule has 2 aliphatic heterocycles. The molecule has 10 atom stereocenters. The minimum atomic E-state index is 0.252. The van der Waals surface area contributed by atoms with Gasteiger partial charge in [-0.15, -0.1) is 0 Å². The maximum Gasteiger partial charge on any atom is 0.126 e. The fourth-order valence-corrected chi connectivity index (χ4v) is 12.2. The van der Waals surface area contributed by atoms with E-state index in [1.165, 1.54) is 121 Å². The van der Waals surface area contributed by atoms with Gasteiger partial charge in [-0.25, -0.2) is 4.99 Å². The van der Waals surface area contributed by atoms with Gasteiger partial charge in [-0.1, -0.05) is 61.6 Å². The Morgan fingerprint density at radius 1 is 0.738 bits per heavy atom. The summed E-state index contributed by atoms with van der Waals surface area (Å²) in [5, 5.41) is 0. The fraction of sp³-hybridized carbons (Fsp3) is 0.744. The molecule has 2 heterocycles. The van der Waals surface area contributed by atoms with Crippen LogP contribution in [0.25, 0.3) is 0 Å². The van der Waals surface area contributed by atoms with E-state index in [1.807, 2.05) is 5.57 Å². The smallest absolute Gasteiger partial charge is 0.126 e. The van der Waals surface area contributed by atoms with Crippen LogP contribution in [0.15, 0.2) is 57.1 Å². The Morgan fingerprint density at radius 3 is 2.57 bits per heavy atom. The van der Waals surface area contributed by atoms with Gasteiger partial charge in [0.25, 0.3) is 0 Å². The van der Waals surface area contributed by atoms with Gasteiger partial charge in [-0.2, -0.15) is 0 Å². The number of allylic oxidation sites excluding steroid dienone is 7. The molecule has 1 saturated heterocycles. The van der Waals surface area contributed by atoms with Crippen molar-refractivity contribution in [2.24, 2.45) is 50.9 Å². The highest BCUT2D eigenvalue weighted by Crippen LogP contribution is 2.70. The van der Waals surface area contributed by atoms with Crippen LogP contribution in [-0.2, 0) is 4.74 Å². The van der Waals surface area contributed by atoms with Gasteiger partial charge in [-0.05, 0) is 125 Å². The summed E-state index contributed by atoms with van der Waals surface area (Å²) in [6.45, 7) is 0. The lowest BCUT2D eigenvalue weighted by Crippen LogP contribution is -2.57. The molecule has 3 saturated carbocycles. The van der Waals surface area contributed by atoms with E-state index < -0.39 is 0 Å². The Labute approximate surface area is 254 Å². The lowest BCUT2D eigenvalue weighted by Gasteiger charge is -2.59. The second kappa shape index (κ2) is 10.7. The number of rotatable bonds is 2. The van der Waals surface area contributed by atoms with Crippen molar-refractivity contribution in [3.8, 4) is 0 Å². The first kappa shape index (κ1) is 26.6. The molecule has 42 heavy (non-hydrogen) atoms. The largest absolute Gasteiger partial charge is 0.370 e. The van der Waals surface area contributed by atoms with E-state index in [9.17, 15) is 0 Å². The molecule has 4 fully saturated rings. The molecule has 224 valence electrons. The molecule has 0 amide bonds. The lowest BCUT2D eigenvalue weighted by molar-refractivity contribution is -0.138. The van der Waals surface area contributed by atoms with Crippen LogP contribution < -0.4 is 0 Å². The number of ether oxygens (including phenoxy) is 1. The molecular weight excluding hydrogens is 512 g/mol. The Hall–Kier alpha value is -1.74. The maximum absolute atomic E-state index is 7.28. The highest BCUT2D eigenvalue weighted by molar-refractivity contribution is 6.03. The molecule has 0 radical (unpaired) electrons. The minimum absolute atomic E-state index is 0.252. The molecular formula is C39H52N2O. The predicted octanol–water partition coefficient (Wildman–Crippen LogP) is 9.50. The van der Waals surface area contributed by atoms with Crippen LogP contribution >= 0.6 is 0 Å². The number of amidine groups is 1. The Morgan fingerprint density at radius 2 is 1.64 bits per heavy atom. The molecule has 0 aromatic rings. The molecule has 0 bridgehead atoms. The average molecular weight is 565 g/mol. The lowest BCUT2D eigenvalue weighted by atomic mass is 9.50. The molecule has 3 heteroatoms. The number of fused-ring (bicyclic) bond motifs is 9. The summed E-state index contributed by atoms with van der Waals surface area (Å²) < 4.78 is 7.28. The van der Waals surface area contributed by atoms with Gasteiger partial charge in [0.1, 0.15) is 5.84 Å². The van der Waals surface area contributed by atoms with Crippen LogP contribution in [0.4, 0.5) is 0 Å². The average Bonchev–Trinajstić information content (AvgIpc) is 3.35. The van der Waals surface area contributed by atoms with Gasteiger partial charge < -0.3 is 4.74 Å². The van der Waals surface area contributed by atoms with Gasteiger partial charge in [0.15, 0.2) is 0 Å². The van der Waals surface area contributed by atoms with Crippen LogP contribution in [0.2, 0.25) is 0 Å². The van der Waals surface area contributed by atoms with Crippen LogP contribution in [-0.4, -0.2) is 29.8 Å². The third-order valence-electron chi connectivity index (χ3n) is 13.7. The van der Waals surface area contributed by atoms with Crippen molar-refractivity contribution in [2.75, 3.05) is 0 Å². The van der Waals surface area contributed by atoms with Crippen molar-refractivity contribution >= 4 is 11.5 Å². The zero-order chi connectivity index (χ0) is 27.7. The van der Waals surface area contributed by atoms with E-state index >= 15 is 0 Å². The highest BCUT2D eigenvalue weighted by Gasteiger charge is 2.64. The summed E-state index contributed by atoms with van der Waals surface area (Å²) >= 11 is 0. The molecule has 9 aliphatic rings. The first-order valence-corrected chi connectivity index (χ1v) is 18.4. The fourth-order valence-electron chi connectivity index (χ4n) is 12.2. The summed E-state index contributed by atoms with van der Waals surface area (Å²) in [5.41, 5.74) is 7.23. The number of hydrogen-bond acceptors (Lipinski definition) is 3. The monoisotopic (exact) mass is 564 g/mol. The second-order valence-corrected chi connectivity index (χ2v) is 15.6. The summed E-state index contributed by atoms with van der Waals surface area (Å²) in [5.74, 6) is 5.27. The molecule has 3 nitrogen and oxygen atoms in total. The van der Waals surface area contributed by atoms with Crippen molar-refractivity contribution in [3.63, 3.8) is 0 Å². The molecule has 0 aromatic heterocycles. The zero-order valence-electron chi connectivity index (χ0n) is 25.8. The predicted molar refractivity (Wildman–Crippen MR) is 172 cm³/mol. The summed E-state index contributed by atoms with van der Waals surface area (Å²) in [6.07, 6.45) is 38.2. The van der Waals surface area contributed by atoms with Crippen LogP contribution in [0.3, 0.4) is 0 Å². The molecule has 9 rings (SSSR count). The third kappa shape index (κ3) is 4.00. The molecule has 10 unspecified atom stereocenters. The van der Waals surface area contributed by atoms with E-state index in [0.29, 0.717) is 41.9 Å². The van der Waals surface area contributed by atoms with Gasteiger partial charge in [0.05, 0.1) is 18.2 Å². The number of aliphatic imine (C=N–C) groups is 2.